The molecule has 1 unspecified atom stereocenters. The SMILES string of the molecule is CC(C)c1ccc(OC(CCc2ccccc2)C(=O)NCCC(N)=O)cc1. The molecule has 0 bridgehead atoms. The first-order chi connectivity index (χ1) is 13.0. The van der Waals surface area contributed by atoms with Gasteiger partial charge >= 0.3 is 0 Å². The van der Waals surface area contributed by atoms with Crippen LogP contribution >= 0.6 is 0 Å². The fraction of sp³-hybridized carbons (Fsp3) is 0.364. The number of nitrogens with one attached hydrogen (secondary N) is 1. The number of rotatable bonds is 10. The first-order valence-corrected chi connectivity index (χ1v) is 9.32. The van der Waals surface area contributed by atoms with Crippen LogP contribution in [0.25, 0.3) is 0 Å². The molecule has 3 N–H and O–H groups in total. The minimum Gasteiger partial charge on any atom is -0.481 e. The lowest BCUT2D eigenvalue weighted by Crippen LogP contribution is -2.40. The molecular weight excluding hydrogens is 340 g/mol. The van der Waals surface area contributed by atoms with Crippen molar-refractivity contribution >= 4 is 11.8 Å². The largest absolute Gasteiger partial charge is 0.481 e. The van der Waals surface area contributed by atoms with Gasteiger partial charge in [0.05, 0.1) is 0 Å². The number of carbonyl (C=O) groups excluding carboxylic acids is 2. The van der Waals surface area contributed by atoms with Gasteiger partial charge in [0.25, 0.3) is 5.91 Å². The van der Waals surface area contributed by atoms with Crippen molar-refractivity contribution in [2.24, 2.45) is 5.73 Å². The summed E-state index contributed by atoms with van der Waals surface area (Å²) in [4.78, 5) is 23.4. The molecule has 27 heavy (non-hydrogen) atoms. The molecule has 2 aromatic carbocycles. The maximum Gasteiger partial charge on any atom is 0.261 e. The highest BCUT2D eigenvalue weighted by atomic mass is 16.5. The molecule has 0 aliphatic rings. The van der Waals surface area contributed by atoms with Gasteiger partial charge in [-0.1, -0.05) is 56.3 Å². The van der Waals surface area contributed by atoms with Crippen LogP contribution in [-0.4, -0.2) is 24.5 Å². The Morgan fingerprint density at radius 2 is 1.70 bits per heavy atom. The molecule has 0 spiro atoms. The topological polar surface area (TPSA) is 81.4 Å². The van der Waals surface area contributed by atoms with E-state index < -0.39 is 12.0 Å². The Kier molecular flexibility index (Phi) is 7.86. The summed E-state index contributed by atoms with van der Waals surface area (Å²) in [5.41, 5.74) is 7.49. The number of aryl methyl sites for hydroxylation is 1. The van der Waals surface area contributed by atoms with Gasteiger partial charge < -0.3 is 15.8 Å². The third kappa shape index (κ3) is 7.13. The molecule has 0 saturated heterocycles. The number of nitrogens with two attached hydrogens (primary N) is 1. The third-order valence-corrected chi connectivity index (χ3v) is 4.33. The van der Waals surface area contributed by atoms with Crippen molar-refractivity contribution in [2.45, 2.75) is 45.1 Å². The number of carbonyl (C=O) groups is 2. The Balaban J connectivity index is 2.03. The maximum absolute atomic E-state index is 12.5. The van der Waals surface area contributed by atoms with Gasteiger partial charge in [-0.25, -0.2) is 0 Å². The highest BCUT2D eigenvalue weighted by Crippen LogP contribution is 2.20. The van der Waals surface area contributed by atoms with E-state index in [4.69, 9.17) is 10.5 Å². The van der Waals surface area contributed by atoms with Crippen LogP contribution in [0.1, 0.15) is 43.7 Å². The van der Waals surface area contributed by atoms with Crippen LogP contribution in [0, 0.1) is 0 Å². The molecule has 5 heteroatoms. The standard InChI is InChI=1S/C22H28N2O3/c1-16(2)18-9-11-19(12-10-18)27-20(22(26)24-15-14-21(23)25)13-8-17-6-4-3-5-7-17/h3-7,9-12,16,20H,8,13-15H2,1-2H3,(H2,23,25)(H,24,26). The van der Waals surface area contributed by atoms with Crippen molar-refractivity contribution in [1.29, 1.82) is 0 Å². The number of primary amides is 1. The second-order valence-electron chi connectivity index (χ2n) is 6.86. The minimum absolute atomic E-state index is 0.111. The van der Waals surface area contributed by atoms with Gasteiger partial charge in [0.2, 0.25) is 5.91 Å². The zero-order valence-corrected chi connectivity index (χ0v) is 16.0. The van der Waals surface area contributed by atoms with E-state index in [-0.39, 0.29) is 18.9 Å². The Hall–Kier alpha value is -2.82. The van der Waals surface area contributed by atoms with E-state index in [0.29, 0.717) is 18.1 Å². The van der Waals surface area contributed by atoms with Gasteiger partial charge in [0.15, 0.2) is 6.10 Å². The lowest BCUT2D eigenvalue weighted by Gasteiger charge is -2.19. The summed E-state index contributed by atoms with van der Waals surface area (Å²) in [7, 11) is 0. The summed E-state index contributed by atoms with van der Waals surface area (Å²) < 4.78 is 5.96. The molecule has 2 rings (SSSR count). The lowest BCUT2D eigenvalue weighted by atomic mass is 10.0. The Bertz CT molecular complexity index is 727. The summed E-state index contributed by atoms with van der Waals surface area (Å²) in [5.74, 6) is 0.411. The summed E-state index contributed by atoms with van der Waals surface area (Å²) >= 11 is 0. The highest BCUT2D eigenvalue weighted by Gasteiger charge is 2.20. The van der Waals surface area contributed by atoms with Crippen LogP contribution in [0.3, 0.4) is 0 Å². The number of benzene rings is 2. The van der Waals surface area contributed by atoms with Crippen LogP contribution < -0.4 is 15.8 Å². The molecular formula is C22H28N2O3. The van der Waals surface area contributed by atoms with Crippen LogP contribution in [0.2, 0.25) is 0 Å². The van der Waals surface area contributed by atoms with Gasteiger partial charge in [-0.3, -0.25) is 9.59 Å². The van der Waals surface area contributed by atoms with E-state index in [1.807, 2.05) is 54.6 Å². The van der Waals surface area contributed by atoms with Gasteiger partial charge in [0, 0.05) is 13.0 Å². The summed E-state index contributed by atoms with van der Waals surface area (Å²) in [6.07, 6.45) is 0.736. The number of hydrogen-bond donors (Lipinski definition) is 2. The normalized spacial score (nSPS) is 11.8. The molecule has 0 heterocycles. The molecule has 0 aliphatic carbocycles. The summed E-state index contributed by atoms with van der Waals surface area (Å²) in [6, 6.07) is 17.8. The second-order valence-corrected chi connectivity index (χ2v) is 6.86. The minimum atomic E-state index is -0.636. The fourth-order valence-electron chi connectivity index (χ4n) is 2.70. The number of hydrogen-bond acceptors (Lipinski definition) is 3. The first-order valence-electron chi connectivity index (χ1n) is 9.32. The molecule has 0 aliphatic heterocycles. The van der Waals surface area contributed by atoms with E-state index in [1.54, 1.807) is 0 Å². The third-order valence-electron chi connectivity index (χ3n) is 4.33. The predicted molar refractivity (Wildman–Crippen MR) is 107 cm³/mol. The van der Waals surface area contributed by atoms with Crippen LogP contribution in [0.4, 0.5) is 0 Å². The molecule has 0 fully saturated rings. The van der Waals surface area contributed by atoms with E-state index in [0.717, 1.165) is 12.0 Å². The van der Waals surface area contributed by atoms with Crippen molar-refractivity contribution in [3.63, 3.8) is 0 Å². The molecule has 5 nitrogen and oxygen atoms in total. The zero-order valence-electron chi connectivity index (χ0n) is 16.0. The summed E-state index contributed by atoms with van der Waals surface area (Å²) in [5, 5.41) is 2.74. The molecule has 144 valence electrons. The van der Waals surface area contributed by atoms with Gasteiger partial charge in [-0.15, -0.1) is 0 Å². The monoisotopic (exact) mass is 368 g/mol. The number of amides is 2. The quantitative estimate of drug-likeness (QED) is 0.676. The second kappa shape index (κ2) is 10.4. The molecule has 2 amide bonds. The maximum atomic E-state index is 12.5. The Morgan fingerprint density at radius 3 is 2.30 bits per heavy atom. The van der Waals surface area contributed by atoms with Crippen LogP contribution in [0.5, 0.6) is 5.75 Å². The van der Waals surface area contributed by atoms with Gasteiger partial charge in [0.1, 0.15) is 5.75 Å². The van der Waals surface area contributed by atoms with Crippen molar-refractivity contribution < 1.29 is 14.3 Å². The molecule has 0 aromatic heterocycles. The van der Waals surface area contributed by atoms with Crippen LogP contribution in [-0.2, 0) is 16.0 Å². The number of ether oxygens (including phenoxy) is 1. The van der Waals surface area contributed by atoms with Crippen molar-refractivity contribution in [3.05, 3.63) is 65.7 Å². The smallest absolute Gasteiger partial charge is 0.261 e. The van der Waals surface area contributed by atoms with Crippen LogP contribution in [0.15, 0.2) is 54.6 Å². The van der Waals surface area contributed by atoms with Crippen molar-refractivity contribution in [2.75, 3.05) is 6.54 Å². The lowest BCUT2D eigenvalue weighted by molar-refractivity contribution is -0.128. The van der Waals surface area contributed by atoms with Gasteiger partial charge in [-0.05, 0) is 42.0 Å². The Labute approximate surface area is 160 Å². The first kappa shape index (κ1) is 20.5. The Morgan fingerprint density at radius 1 is 1.04 bits per heavy atom. The molecule has 0 radical (unpaired) electrons. The molecule has 1 atom stereocenters. The average molecular weight is 368 g/mol. The average Bonchev–Trinajstić information content (AvgIpc) is 2.66. The molecule has 0 saturated carbocycles. The fourth-order valence-corrected chi connectivity index (χ4v) is 2.70. The zero-order chi connectivity index (χ0) is 19.6. The van der Waals surface area contributed by atoms with E-state index in [2.05, 4.69) is 19.2 Å². The predicted octanol–water partition coefficient (Wildman–Crippen LogP) is 3.18. The van der Waals surface area contributed by atoms with Crippen molar-refractivity contribution in [3.8, 4) is 5.75 Å². The highest BCUT2D eigenvalue weighted by molar-refractivity contribution is 5.82. The van der Waals surface area contributed by atoms with E-state index >= 15 is 0 Å². The molecule has 2 aromatic rings. The summed E-state index contributed by atoms with van der Waals surface area (Å²) in [6.45, 7) is 4.47. The van der Waals surface area contributed by atoms with Gasteiger partial charge in [-0.2, -0.15) is 0 Å². The van der Waals surface area contributed by atoms with E-state index in [9.17, 15) is 9.59 Å². The van der Waals surface area contributed by atoms with E-state index in [1.165, 1.54) is 5.56 Å². The van der Waals surface area contributed by atoms with Crippen molar-refractivity contribution in [1.82, 2.24) is 5.32 Å².